The summed E-state index contributed by atoms with van der Waals surface area (Å²) in [5.41, 5.74) is 0. The number of carbonyl (C=O) groups is 2. The molecule has 0 rings (SSSR count). The Bertz CT molecular complexity index is 120. The lowest BCUT2D eigenvalue weighted by molar-refractivity contribution is -0.153. The first-order chi connectivity index (χ1) is 4.76. The van der Waals surface area contributed by atoms with E-state index < -0.39 is 5.97 Å². The van der Waals surface area contributed by atoms with Crippen molar-refractivity contribution in [3.63, 3.8) is 0 Å². The molecule has 0 aliphatic carbocycles. The summed E-state index contributed by atoms with van der Waals surface area (Å²) in [5.74, 6) is -0.528. The molecular formula is C6H11NO3. The second-order valence-corrected chi connectivity index (χ2v) is 1.78. The highest BCUT2D eigenvalue weighted by molar-refractivity contribution is 5.81. The van der Waals surface area contributed by atoms with Crippen molar-refractivity contribution in [1.82, 2.24) is 5.32 Å². The predicted molar refractivity (Wildman–Crippen MR) is 35.3 cm³/mol. The van der Waals surface area contributed by atoms with Gasteiger partial charge in [-0.25, -0.2) is 4.79 Å². The van der Waals surface area contributed by atoms with Crippen LogP contribution in [0, 0.1) is 0 Å². The van der Waals surface area contributed by atoms with Crippen molar-refractivity contribution in [2.45, 2.75) is 19.4 Å². The van der Waals surface area contributed by atoms with Gasteiger partial charge in [-0.1, -0.05) is 6.92 Å². The topological polar surface area (TPSA) is 55.4 Å². The predicted octanol–water partition coefficient (Wildman–Crippen LogP) is -0.316. The Morgan fingerprint density at radius 3 is 2.70 bits per heavy atom. The molecule has 0 aliphatic rings. The molecule has 1 unspecified atom stereocenters. The van der Waals surface area contributed by atoms with Crippen LogP contribution in [0.15, 0.2) is 0 Å². The number of ether oxygens (including phenoxy) is 1. The Kier molecular flexibility index (Phi) is 4.49. The van der Waals surface area contributed by atoms with Gasteiger partial charge in [-0.15, -0.1) is 0 Å². The van der Waals surface area contributed by atoms with E-state index in [1.807, 2.05) is 6.92 Å². The maximum atomic E-state index is 10.7. The summed E-state index contributed by atoms with van der Waals surface area (Å²) in [6.45, 7) is 1.97. The monoisotopic (exact) mass is 145 g/mol. The lowest BCUT2D eigenvalue weighted by Crippen LogP contribution is -2.34. The third-order valence-electron chi connectivity index (χ3n) is 1.21. The molecule has 0 aliphatic heterocycles. The molecule has 0 saturated heterocycles. The fourth-order valence-corrected chi connectivity index (χ4v) is 0.618. The highest BCUT2D eigenvalue weighted by Crippen LogP contribution is 1.91. The van der Waals surface area contributed by atoms with E-state index in [1.165, 1.54) is 0 Å². The van der Waals surface area contributed by atoms with Crippen LogP contribution in [0.1, 0.15) is 13.3 Å². The van der Waals surface area contributed by atoms with Crippen molar-refractivity contribution in [3.05, 3.63) is 0 Å². The van der Waals surface area contributed by atoms with Crippen molar-refractivity contribution in [2.75, 3.05) is 7.05 Å². The van der Waals surface area contributed by atoms with E-state index in [0.717, 1.165) is 0 Å². The van der Waals surface area contributed by atoms with Gasteiger partial charge >= 0.3 is 12.4 Å². The fourth-order valence-electron chi connectivity index (χ4n) is 0.618. The summed E-state index contributed by atoms with van der Waals surface area (Å²) in [7, 11) is 1.64. The summed E-state index contributed by atoms with van der Waals surface area (Å²) in [4.78, 5) is 20.4. The van der Waals surface area contributed by atoms with Gasteiger partial charge in [-0.2, -0.15) is 0 Å². The van der Waals surface area contributed by atoms with Crippen LogP contribution in [0.25, 0.3) is 0 Å². The first-order valence-corrected chi connectivity index (χ1v) is 3.07. The molecule has 4 nitrogen and oxygen atoms in total. The first-order valence-electron chi connectivity index (χ1n) is 3.07. The average molecular weight is 145 g/mol. The minimum absolute atomic E-state index is 0.141. The summed E-state index contributed by atoms with van der Waals surface area (Å²) >= 11 is 0. The largest absolute Gasteiger partial charge is 0.394 e. The smallest absolute Gasteiger partial charge is 0.330 e. The third kappa shape index (κ3) is 2.59. The number of nitrogens with one attached hydrogen (secondary N) is 1. The number of esters is 1. The van der Waals surface area contributed by atoms with Crippen LogP contribution in [-0.2, 0) is 14.3 Å². The standard InChI is InChI=1S/C6H11NO3/c1-3-5(7-2)6(9)10-4-8/h4-5,7H,3H2,1-2H3. The Morgan fingerprint density at radius 1 is 1.80 bits per heavy atom. The van der Waals surface area contributed by atoms with E-state index in [0.29, 0.717) is 6.42 Å². The highest BCUT2D eigenvalue weighted by Gasteiger charge is 2.14. The SMILES string of the molecule is CCC(NC)C(=O)OC=O. The zero-order valence-electron chi connectivity index (χ0n) is 6.09. The number of likely N-dealkylation sites (N-methyl/N-ethyl adjacent to an activating group) is 1. The Labute approximate surface area is 59.6 Å². The van der Waals surface area contributed by atoms with Gasteiger partial charge in [0, 0.05) is 0 Å². The number of rotatable bonds is 4. The van der Waals surface area contributed by atoms with Gasteiger partial charge in [0.25, 0.3) is 0 Å². The molecule has 0 aromatic heterocycles. The summed E-state index contributed by atoms with van der Waals surface area (Å²) in [6, 6.07) is -0.370. The molecule has 10 heavy (non-hydrogen) atoms. The molecule has 1 N–H and O–H groups in total. The van der Waals surface area contributed by atoms with Gasteiger partial charge in [-0.3, -0.25) is 4.79 Å². The molecule has 0 heterocycles. The number of hydrogen-bond donors (Lipinski definition) is 1. The zero-order chi connectivity index (χ0) is 7.98. The van der Waals surface area contributed by atoms with Crippen LogP contribution in [-0.4, -0.2) is 25.5 Å². The van der Waals surface area contributed by atoms with E-state index in [9.17, 15) is 9.59 Å². The fraction of sp³-hybridized carbons (Fsp3) is 0.667. The summed E-state index contributed by atoms with van der Waals surface area (Å²) in [5, 5.41) is 2.70. The van der Waals surface area contributed by atoms with Crippen molar-refractivity contribution in [3.8, 4) is 0 Å². The van der Waals surface area contributed by atoms with Crippen LogP contribution in [0.2, 0.25) is 0 Å². The van der Waals surface area contributed by atoms with Gasteiger partial charge in [-0.05, 0) is 13.5 Å². The highest BCUT2D eigenvalue weighted by atomic mass is 16.6. The normalized spacial score (nSPS) is 12.2. The van der Waals surface area contributed by atoms with Crippen LogP contribution in [0.3, 0.4) is 0 Å². The maximum absolute atomic E-state index is 10.7. The Morgan fingerprint density at radius 2 is 2.40 bits per heavy atom. The maximum Gasteiger partial charge on any atom is 0.330 e. The molecule has 0 radical (unpaired) electrons. The van der Waals surface area contributed by atoms with E-state index in [4.69, 9.17) is 0 Å². The van der Waals surface area contributed by atoms with Crippen LogP contribution in [0.5, 0.6) is 0 Å². The quantitative estimate of drug-likeness (QED) is 0.335. The number of carbonyl (C=O) groups excluding carboxylic acids is 2. The molecule has 0 amide bonds. The molecule has 0 fully saturated rings. The number of hydrogen-bond acceptors (Lipinski definition) is 4. The minimum atomic E-state index is -0.528. The van der Waals surface area contributed by atoms with E-state index in [-0.39, 0.29) is 12.5 Å². The van der Waals surface area contributed by atoms with Crippen molar-refractivity contribution < 1.29 is 14.3 Å². The molecule has 0 bridgehead atoms. The molecule has 0 aromatic carbocycles. The Hall–Kier alpha value is -0.900. The molecule has 58 valence electrons. The summed E-state index contributed by atoms with van der Waals surface area (Å²) in [6.07, 6.45) is 0.614. The molecule has 4 heteroatoms. The van der Waals surface area contributed by atoms with Gasteiger partial charge < -0.3 is 10.1 Å². The zero-order valence-corrected chi connectivity index (χ0v) is 6.09. The van der Waals surface area contributed by atoms with Crippen molar-refractivity contribution >= 4 is 12.4 Å². The molecule has 0 spiro atoms. The van der Waals surface area contributed by atoms with Gasteiger partial charge in [0.15, 0.2) is 0 Å². The van der Waals surface area contributed by atoms with Crippen LogP contribution < -0.4 is 5.32 Å². The van der Waals surface area contributed by atoms with E-state index in [2.05, 4.69) is 10.1 Å². The minimum Gasteiger partial charge on any atom is -0.394 e. The van der Waals surface area contributed by atoms with E-state index >= 15 is 0 Å². The Balaban J connectivity index is 3.76. The molecule has 0 aromatic rings. The molecular weight excluding hydrogens is 134 g/mol. The lowest BCUT2D eigenvalue weighted by atomic mass is 10.2. The summed E-state index contributed by atoms with van der Waals surface area (Å²) < 4.78 is 4.10. The van der Waals surface area contributed by atoms with Crippen molar-refractivity contribution in [1.29, 1.82) is 0 Å². The second kappa shape index (κ2) is 4.93. The lowest BCUT2D eigenvalue weighted by Gasteiger charge is -2.08. The molecule has 0 saturated carbocycles. The third-order valence-corrected chi connectivity index (χ3v) is 1.21. The van der Waals surface area contributed by atoms with Crippen LogP contribution >= 0.6 is 0 Å². The average Bonchev–Trinajstić information content (AvgIpc) is 1.91. The van der Waals surface area contributed by atoms with Crippen LogP contribution in [0.4, 0.5) is 0 Å². The van der Waals surface area contributed by atoms with Gasteiger partial charge in [0.1, 0.15) is 6.04 Å². The van der Waals surface area contributed by atoms with E-state index in [1.54, 1.807) is 7.05 Å². The van der Waals surface area contributed by atoms with Crippen molar-refractivity contribution in [2.24, 2.45) is 0 Å². The van der Waals surface area contributed by atoms with Gasteiger partial charge in [0.05, 0.1) is 0 Å². The molecule has 1 atom stereocenters. The second-order valence-electron chi connectivity index (χ2n) is 1.78. The first kappa shape index (κ1) is 9.10. The van der Waals surface area contributed by atoms with Gasteiger partial charge in [0.2, 0.25) is 0 Å².